The molecule has 0 bridgehead atoms. The van der Waals surface area contributed by atoms with Crippen LogP contribution in [0.15, 0.2) is 18.2 Å². The second-order valence-electron chi connectivity index (χ2n) is 6.51. The van der Waals surface area contributed by atoms with E-state index < -0.39 is 11.6 Å². The van der Waals surface area contributed by atoms with Crippen LogP contribution in [0.1, 0.15) is 38.2 Å². The summed E-state index contributed by atoms with van der Waals surface area (Å²) in [5.41, 5.74) is 0.746. The van der Waals surface area contributed by atoms with Gasteiger partial charge in [-0.3, -0.25) is 4.90 Å². The summed E-state index contributed by atoms with van der Waals surface area (Å²) in [6.07, 6.45) is 4.90. The van der Waals surface area contributed by atoms with Gasteiger partial charge in [-0.2, -0.15) is 0 Å². The molecule has 1 heterocycles. The van der Waals surface area contributed by atoms with Gasteiger partial charge in [0.05, 0.1) is 0 Å². The smallest absolute Gasteiger partial charge is 0.126 e. The molecule has 0 radical (unpaired) electrons. The fraction of sp³-hybridized carbons (Fsp3) is 0.647. The van der Waals surface area contributed by atoms with Crippen molar-refractivity contribution in [2.24, 2.45) is 5.92 Å². The minimum atomic E-state index is -0.479. The molecule has 0 spiro atoms. The molecule has 1 aliphatic heterocycles. The molecule has 21 heavy (non-hydrogen) atoms. The van der Waals surface area contributed by atoms with Crippen LogP contribution in [0.25, 0.3) is 0 Å². The fourth-order valence-electron chi connectivity index (χ4n) is 3.51. The van der Waals surface area contributed by atoms with Crippen LogP contribution in [-0.2, 0) is 6.54 Å². The number of benzene rings is 1. The molecule has 2 fully saturated rings. The van der Waals surface area contributed by atoms with E-state index in [0.29, 0.717) is 18.6 Å². The lowest BCUT2D eigenvalue weighted by atomic mass is 10.0. The van der Waals surface area contributed by atoms with E-state index in [4.69, 9.17) is 0 Å². The summed E-state index contributed by atoms with van der Waals surface area (Å²) in [5.74, 6) is -0.195. The van der Waals surface area contributed by atoms with Gasteiger partial charge in [0.2, 0.25) is 0 Å². The van der Waals surface area contributed by atoms with E-state index in [1.807, 2.05) is 0 Å². The Morgan fingerprint density at radius 2 is 1.90 bits per heavy atom. The van der Waals surface area contributed by atoms with Crippen molar-refractivity contribution in [3.05, 3.63) is 35.4 Å². The Labute approximate surface area is 125 Å². The fourth-order valence-corrected chi connectivity index (χ4v) is 3.51. The third-order valence-electron chi connectivity index (χ3n) is 4.65. The molecule has 2 atom stereocenters. The molecule has 0 aromatic heterocycles. The van der Waals surface area contributed by atoms with Crippen molar-refractivity contribution in [3.63, 3.8) is 0 Å². The van der Waals surface area contributed by atoms with Crippen molar-refractivity contribution in [1.29, 1.82) is 0 Å². The quantitative estimate of drug-likeness (QED) is 0.896. The summed E-state index contributed by atoms with van der Waals surface area (Å²) in [7, 11) is 0. The van der Waals surface area contributed by atoms with Crippen LogP contribution in [0.4, 0.5) is 8.78 Å². The third kappa shape index (κ3) is 3.80. The van der Waals surface area contributed by atoms with E-state index in [0.717, 1.165) is 43.5 Å². The largest absolute Gasteiger partial charge is 0.311 e. The van der Waals surface area contributed by atoms with E-state index in [2.05, 4.69) is 17.1 Å². The maximum Gasteiger partial charge on any atom is 0.126 e. The summed E-state index contributed by atoms with van der Waals surface area (Å²) in [6.45, 7) is 4.83. The Bertz CT molecular complexity index is 467. The molecule has 4 heteroatoms. The average molecular weight is 294 g/mol. The predicted molar refractivity (Wildman–Crippen MR) is 80.0 cm³/mol. The van der Waals surface area contributed by atoms with Gasteiger partial charge in [-0.15, -0.1) is 0 Å². The number of hydrogen-bond donors (Lipinski definition) is 1. The molecule has 1 saturated heterocycles. The highest BCUT2D eigenvalue weighted by molar-refractivity contribution is 5.18. The van der Waals surface area contributed by atoms with Crippen molar-refractivity contribution in [2.75, 3.05) is 13.1 Å². The first-order chi connectivity index (χ1) is 10.2. The lowest BCUT2D eigenvalue weighted by Crippen LogP contribution is -2.56. The highest BCUT2D eigenvalue weighted by Gasteiger charge is 2.38. The van der Waals surface area contributed by atoms with E-state index in [-0.39, 0.29) is 0 Å². The number of nitrogens with zero attached hydrogens (tertiary/aromatic N) is 1. The second-order valence-corrected chi connectivity index (χ2v) is 6.51. The highest BCUT2D eigenvalue weighted by Crippen LogP contribution is 2.37. The van der Waals surface area contributed by atoms with Crippen molar-refractivity contribution >= 4 is 0 Å². The molecule has 1 N–H and O–H groups in total. The highest BCUT2D eigenvalue weighted by atomic mass is 19.1. The number of piperazine rings is 1. The first-order valence-corrected chi connectivity index (χ1v) is 8.08. The maximum absolute atomic E-state index is 13.4. The van der Waals surface area contributed by atoms with Crippen LogP contribution in [0.2, 0.25) is 0 Å². The molecule has 116 valence electrons. The van der Waals surface area contributed by atoms with Gasteiger partial charge in [0.15, 0.2) is 0 Å². The van der Waals surface area contributed by atoms with E-state index >= 15 is 0 Å². The van der Waals surface area contributed by atoms with Gasteiger partial charge in [0, 0.05) is 37.8 Å². The van der Waals surface area contributed by atoms with Crippen molar-refractivity contribution < 1.29 is 8.78 Å². The molecule has 3 rings (SSSR count). The average Bonchev–Trinajstić information content (AvgIpc) is 3.22. The summed E-state index contributed by atoms with van der Waals surface area (Å²) in [5, 5.41) is 3.64. The summed E-state index contributed by atoms with van der Waals surface area (Å²) in [4.78, 5) is 2.43. The van der Waals surface area contributed by atoms with Crippen LogP contribution in [0.3, 0.4) is 0 Å². The zero-order valence-electron chi connectivity index (χ0n) is 12.6. The number of rotatable bonds is 5. The Morgan fingerprint density at radius 1 is 1.19 bits per heavy atom. The number of nitrogens with one attached hydrogen (secondary N) is 1. The van der Waals surface area contributed by atoms with Crippen LogP contribution in [-0.4, -0.2) is 30.1 Å². The molecule has 2 aliphatic rings. The molecule has 1 aromatic carbocycles. The van der Waals surface area contributed by atoms with Gasteiger partial charge in [0.25, 0.3) is 0 Å². The van der Waals surface area contributed by atoms with Gasteiger partial charge in [-0.05, 0) is 42.9 Å². The molecule has 2 unspecified atom stereocenters. The first kappa shape index (κ1) is 14.9. The number of hydrogen-bond acceptors (Lipinski definition) is 2. The van der Waals surface area contributed by atoms with Gasteiger partial charge in [0.1, 0.15) is 11.6 Å². The lowest BCUT2D eigenvalue weighted by Gasteiger charge is -2.41. The van der Waals surface area contributed by atoms with E-state index in [1.54, 1.807) is 0 Å². The molecule has 0 amide bonds. The van der Waals surface area contributed by atoms with Gasteiger partial charge in [-0.25, -0.2) is 8.78 Å². The summed E-state index contributed by atoms with van der Waals surface area (Å²) < 4.78 is 26.8. The standard InChI is InChI=1S/C17H24F2N2/c1-2-3-16-11-21(17(9-20-16)13-4-5-13)10-12-6-14(18)8-15(19)7-12/h6-8,13,16-17,20H,2-5,9-11H2,1H3. The second kappa shape index (κ2) is 6.41. The maximum atomic E-state index is 13.4. The zero-order chi connectivity index (χ0) is 14.8. The normalized spacial score (nSPS) is 27.0. The van der Waals surface area contributed by atoms with Gasteiger partial charge in [-0.1, -0.05) is 13.3 Å². The monoisotopic (exact) mass is 294 g/mol. The van der Waals surface area contributed by atoms with Crippen LogP contribution in [0.5, 0.6) is 0 Å². The Hall–Kier alpha value is -1.00. The minimum absolute atomic E-state index is 0.479. The molecule has 1 aliphatic carbocycles. The summed E-state index contributed by atoms with van der Waals surface area (Å²) in [6, 6.07) is 4.89. The predicted octanol–water partition coefficient (Wildman–Crippen LogP) is 3.32. The zero-order valence-corrected chi connectivity index (χ0v) is 12.6. The third-order valence-corrected chi connectivity index (χ3v) is 4.65. The molecule has 2 nitrogen and oxygen atoms in total. The first-order valence-electron chi connectivity index (χ1n) is 8.08. The molecule has 1 aromatic rings. The Morgan fingerprint density at radius 3 is 2.52 bits per heavy atom. The van der Waals surface area contributed by atoms with Gasteiger partial charge < -0.3 is 5.32 Å². The number of halogens is 2. The lowest BCUT2D eigenvalue weighted by molar-refractivity contribution is 0.104. The van der Waals surface area contributed by atoms with Crippen molar-refractivity contribution in [2.45, 2.75) is 51.2 Å². The Kier molecular flexibility index (Phi) is 4.55. The molecule has 1 saturated carbocycles. The molecular weight excluding hydrogens is 270 g/mol. The van der Waals surface area contributed by atoms with E-state index in [9.17, 15) is 8.78 Å². The van der Waals surface area contributed by atoms with Crippen LogP contribution < -0.4 is 5.32 Å². The van der Waals surface area contributed by atoms with E-state index in [1.165, 1.54) is 25.0 Å². The molecular formula is C17H24F2N2. The SMILES string of the molecule is CCCC1CN(Cc2cc(F)cc(F)c2)C(C2CC2)CN1. The van der Waals surface area contributed by atoms with Gasteiger partial charge >= 0.3 is 0 Å². The minimum Gasteiger partial charge on any atom is -0.311 e. The Balaban J connectivity index is 1.71. The van der Waals surface area contributed by atoms with Crippen molar-refractivity contribution in [3.8, 4) is 0 Å². The van der Waals surface area contributed by atoms with Crippen LogP contribution >= 0.6 is 0 Å². The summed E-state index contributed by atoms with van der Waals surface area (Å²) >= 11 is 0. The van der Waals surface area contributed by atoms with Crippen LogP contribution in [0, 0.1) is 17.6 Å². The topological polar surface area (TPSA) is 15.3 Å². The van der Waals surface area contributed by atoms with Crippen molar-refractivity contribution in [1.82, 2.24) is 10.2 Å².